The fourth-order valence-corrected chi connectivity index (χ4v) is 3.69. The van der Waals surface area contributed by atoms with Gasteiger partial charge in [-0.1, -0.05) is 66.7 Å². The molecule has 0 spiro atoms. The van der Waals surface area contributed by atoms with Crippen molar-refractivity contribution in [2.24, 2.45) is 0 Å². The van der Waals surface area contributed by atoms with E-state index in [1.165, 1.54) is 0 Å². The molecular formula is C23H16N2O2. The summed E-state index contributed by atoms with van der Waals surface area (Å²) in [7, 11) is 0. The van der Waals surface area contributed by atoms with Gasteiger partial charge in [0.05, 0.1) is 16.2 Å². The van der Waals surface area contributed by atoms with E-state index in [1.807, 2.05) is 61.5 Å². The molecule has 5 aromatic rings. The van der Waals surface area contributed by atoms with E-state index in [1.54, 1.807) is 4.52 Å². The predicted octanol–water partition coefficient (Wildman–Crippen LogP) is 4.28. The number of hydrogen-bond acceptors (Lipinski definition) is 3. The Bertz CT molecular complexity index is 1280. The first-order chi connectivity index (χ1) is 13.2. The first-order valence-corrected chi connectivity index (χ1v) is 8.80. The van der Waals surface area contributed by atoms with Gasteiger partial charge < -0.3 is 9.63 Å². The molecular weight excluding hydrogens is 336 g/mol. The number of aromatic nitrogens is 2. The van der Waals surface area contributed by atoms with Crippen LogP contribution in [0.2, 0.25) is 0 Å². The molecule has 130 valence electrons. The first-order valence-electron chi connectivity index (χ1n) is 8.80. The topological polar surface area (TPSA) is 53.2 Å². The molecule has 0 radical (unpaired) electrons. The summed E-state index contributed by atoms with van der Waals surface area (Å²) in [5.41, 5.74) is 6.26. The third-order valence-corrected chi connectivity index (χ3v) is 4.87. The molecule has 0 aliphatic rings. The van der Waals surface area contributed by atoms with E-state index in [9.17, 15) is 5.11 Å². The Labute approximate surface area is 155 Å². The predicted molar refractivity (Wildman–Crippen MR) is 102 cm³/mol. The molecule has 0 saturated carbocycles. The van der Waals surface area contributed by atoms with Crippen LogP contribution in [0.5, 0.6) is 5.95 Å². The summed E-state index contributed by atoms with van der Waals surface area (Å²) in [6.07, 6.45) is 0. The molecule has 0 saturated heterocycles. The van der Waals surface area contributed by atoms with Gasteiger partial charge in [0.1, 0.15) is 0 Å². The molecule has 0 N–H and O–H groups in total. The highest BCUT2D eigenvalue weighted by Crippen LogP contribution is 2.41. The molecule has 5 rings (SSSR count). The molecule has 0 atom stereocenters. The van der Waals surface area contributed by atoms with E-state index in [0.29, 0.717) is 5.52 Å². The zero-order valence-corrected chi connectivity index (χ0v) is 14.7. The first kappa shape index (κ1) is 15.6. The Balaban J connectivity index is 2.07. The van der Waals surface area contributed by atoms with Crippen LogP contribution >= 0.6 is 0 Å². The Morgan fingerprint density at radius 3 is 2.11 bits per heavy atom. The standard InChI is InChI=1S/C23H16N2O2/c1-15-12-13-18-19(14-15)25-22(23(26)27-24-25)21(17-10-6-3-7-11-17)20(18)16-8-4-2-5-9-16/h2-14H,1H3. The second kappa shape index (κ2) is 5.95. The summed E-state index contributed by atoms with van der Waals surface area (Å²) in [6.45, 7) is 2.03. The van der Waals surface area contributed by atoms with Crippen molar-refractivity contribution in [3.05, 3.63) is 84.4 Å². The molecule has 0 bridgehead atoms. The van der Waals surface area contributed by atoms with Crippen LogP contribution in [0.25, 0.3) is 38.7 Å². The molecule has 2 aromatic heterocycles. The Kier molecular flexibility index (Phi) is 3.44. The van der Waals surface area contributed by atoms with Crippen molar-refractivity contribution < 1.29 is 14.1 Å². The van der Waals surface area contributed by atoms with Crippen LogP contribution in [-0.2, 0) is 0 Å². The second-order valence-electron chi connectivity index (χ2n) is 6.62. The molecule has 0 aliphatic carbocycles. The molecule has 4 nitrogen and oxygen atoms in total. The zero-order valence-electron chi connectivity index (χ0n) is 14.7. The number of pyridine rings is 1. The van der Waals surface area contributed by atoms with Crippen molar-refractivity contribution in [1.82, 2.24) is 5.27 Å². The number of aryl methyl sites for hydroxylation is 1. The van der Waals surface area contributed by atoms with Gasteiger partial charge in [0, 0.05) is 11.6 Å². The minimum Gasteiger partial charge on any atom is -0.539 e. The zero-order chi connectivity index (χ0) is 18.4. The molecule has 0 aliphatic heterocycles. The Hall–Kier alpha value is -3.66. The van der Waals surface area contributed by atoms with Crippen LogP contribution in [0, 0.1) is 6.92 Å². The number of fused-ring (bicyclic) bond motifs is 3. The van der Waals surface area contributed by atoms with Gasteiger partial charge in [-0.05, 0) is 34.2 Å². The van der Waals surface area contributed by atoms with Crippen LogP contribution in [0.15, 0.2) is 83.4 Å². The quantitative estimate of drug-likeness (QED) is 0.446. The minimum absolute atomic E-state index is 0.436. The van der Waals surface area contributed by atoms with Gasteiger partial charge in [-0.2, -0.15) is 0 Å². The highest BCUT2D eigenvalue weighted by molar-refractivity contribution is 6.06. The summed E-state index contributed by atoms with van der Waals surface area (Å²) in [6, 6.07) is 26.3. The van der Waals surface area contributed by atoms with Crippen molar-refractivity contribution in [2.75, 3.05) is 0 Å². The highest BCUT2D eigenvalue weighted by atomic mass is 16.6. The molecule has 27 heavy (non-hydrogen) atoms. The summed E-state index contributed by atoms with van der Waals surface area (Å²) >= 11 is 0. The number of benzene rings is 3. The fraction of sp³-hybridized carbons (Fsp3) is 0.0435. The lowest BCUT2D eigenvalue weighted by molar-refractivity contribution is -0.567. The Morgan fingerprint density at radius 1 is 0.815 bits per heavy atom. The average molecular weight is 352 g/mol. The molecule has 3 aromatic carbocycles. The van der Waals surface area contributed by atoms with Gasteiger partial charge in [0.25, 0.3) is 5.52 Å². The lowest BCUT2D eigenvalue weighted by Crippen LogP contribution is -2.25. The van der Waals surface area contributed by atoms with E-state index in [0.717, 1.165) is 38.7 Å². The average Bonchev–Trinajstić information content (AvgIpc) is 3.10. The summed E-state index contributed by atoms with van der Waals surface area (Å²) in [5, 5.41) is 17.7. The number of rotatable bonds is 2. The number of hydrogen-bond donors (Lipinski definition) is 0. The van der Waals surface area contributed by atoms with Crippen LogP contribution in [-0.4, -0.2) is 5.27 Å². The van der Waals surface area contributed by atoms with E-state index in [2.05, 4.69) is 29.5 Å². The van der Waals surface area contributed by atoms with Crippen molar-refractivity contribution in [3.63, 3.8) is 0 Å². The molecule has 0 unspecified atom stereocenters. The van der Waals surface area contributed by atoms with Crippen molar-refractivity contribution in [3.8, 4) is 28.2 Å². The molecule has 0 fully saturated rings. The molecule has 2 heterocycles. The second-order valence-corrected chi connectivity index (χ2v) is 6.62. The minimum atomic E-state index is -0.436. The lowest BCUT2D eigenvalue weighted by Gasteiger charge is -2.12. The largest absolute Gasteiger partial charge is 0.539 e. The maximum Gasteiger partial charge on any atom is 0.272 e. The third-order valence-electron chi connectivity index (χ3n) is 4.87. The summed E-state index contributed by atoms with van der Waals surface area (Å²) in [4.78, 5) is 0. The van der Waals surface area contributed by atoms with Crippen LogP contribution in [0.4, 0.5) is 0 Å². The van der Waals surface area contributed by atoms with Crippen LogP contribution in [0.3, 0.4) is 0 Å². The van der Waals surface area contributed by atoms with Crippen molar-refractivity contribution >= 4 is 16.4 Å². The fourth-order valence-electron chi connectivity index (χ4n) is 3.69. The molecule has 4 heteroatoms. The third kappa shape index (κ3) is 2.38. The van der Waals surface area contributed by atoms with E-state index >= 15 is 0 Å². The normalized spacial score (nSPS) is 11.3. The van der Waals surface area contributed by atoms with Gasteiger partial charge in [0.2, 0.25) is 5.52 Å². The van der Waals surface area contributed by atoms with E-state index in [-0.39, 0.29) is 0 Å². The monoisotopic (exact) mass is 352 g/mol. The lowest BCUT2D eigenvalue weighted by atomic mass is 9.90. The number of nitrogens with zero attached hydrogens (tertiary/aromatic N) is 2. The van der Waals surface area contributed by atoms with Gasteiger partial charge in [-0.15, -0.1) is 0 Å². The maximum atomic E-state index is 12.6. The van der Waals surface area contributed by atoms with E-state index in [4.69, 9.17) is 4.52 Å². The van der Waals surface area contributed by atoms with Gasteiger partial charge >= 0.3 is 0 Å². The van der Waals surface area contributed by atoms with Crippen LogP contribution in [0.1, 0.15) is 5.56 Å². The SMILES string of the molecule is Cc1ccc2c(-c3ccccc3)c(-c3ccccc3)c3c([O-])on[n+]3c2c1. The van der Waals surface area contributed by atoms with Gasteiger partial charge in [0.15, 0.2) is 5.95 Å². The highest BCUT2D eigenvalue weighted by Gasteiger charge is 2.26. The molecule has 0 amide bonds. The maximum absolute atomic E-state index is 12.6. The summed E-state index contributed by atoms with van der Waals surface area (Å²) in [5.74, 6) is -0.436. The van der Waals surface area contributed by atoms with Crippen molar-refractivity contribution in [1.29, 1.82) is 0 Å². The van der Waals surface area contributed by atoms with Crippen molar-refractivity contribution in [2.45, 2.75) is 6.92 Å². The summed E-state index contributed by atoms with van der Waals surface area (Å²) < 4.78 is 6.70. The van der Waals surface area contributed by atoms with Gasteiger partial charge in [-0.25, -0.2) is 0 Å². The van der Waals surface area contributed by atoms with Gasteiger partial charge in [-0.3, -0.25) is 0 Å². The Morgan fingerprint density at radius 2 is 1.44 bits per heavy atom. The van der Waals surface area contributed by atoms with Crippen LogP contribution < -0.4 is 9.62 Å². The smallest absolute Gasteiger partial charge is 0.272 e. The van der Waals surface area contributed by atoms with E-state index < -0.39 is 5.95 Å².